The molecule has 5 aromatic carbocycles. The van der Waals surface area contributed by atoms with E-state index in [1.165, 1.54) is 18.9 Å². The van der Waals surface area contributed by atoms with Gasteiger partial charge in [0, 0.05) is 24.5 Å². The number of esters is 1. The van der Waals surface area contributed by atoms with Crippen molar-refractivity contribution in [2.45, 2.75) is 62.8 Å². The van der Waals surface area contributed by atoms with Crippen molar-refractivity contribution in [2.75, 3.05) is 19.5 Å². The van der Waals surface area contributed by atoms with E-state index in [9.17, 15) is 24.0 Å². The van der Waals surface area contributed by atoms with Crippen LogP contribution in [0.15, 0.2) is 140 Å². The lowest BCUT2D eigenvalue weighted by Gasteiger charge is -2.36. The van der Waals surface area contributed by atoms with Crippen molar-refractivity contribution < 1.29 is 33.4 Å². The molecule has 0 unspecified atom stereocenters. The van der Waals surface area contributed by atoms with E-state index in [-0.39, 0.29) is 55.0 Å². The number of hydrogen-bond acceptors (Lipinski definition) is 8. The fourth-order valence-corrected chi connectivity index (χ4v) is 9.54. The lowest BCUT2D eigenvalue weighted by atomic mass is 9.84. The molecule has 0 saturated heterocycles. The molecular weight excluding hydrogens is 773 g/mol. The summed E-state index contributed by atoms with van der Waals surface area (Å²) in [7, 11) is 1.26. The summed E-state index contributed by atoms with van der Waals surface area (Å²) in [6, 6.07) is 44.3. The first kappa shape index (κ1) is 43.6. The lowest BCUT2D eigenvalue weighted by Crippen LogP contribution is -2.48. The van der Waals surface area contributed by atoms with E-state index in [1.54, 1.807) is 6.92 Å². The quantitative estimate of drug-likeness (QED) is 0.0625. The summed E-state index contributed by atoms with van der Waals surface area (Å²) in [6.45, 7) is 5.31. The standard InChI is InChI=1S/C50H52N2O7S/c1-33(2)47(44(53)28-29-46(55)58-4)52-48(56)35(32-60-50(36-18-8-5-9-19-36,37-20-10-6-11-21-37)38-22-12-7-13-23-38)30-45(54)34(3)51-49(57)59-31-43-41-26-16-14-24-39(41)40-25-15-17-27-42(40)43/h5-27,33-35,43,47H,28-32H2,1-4H3,(H,51,57)(H,52,56)/t34-,35-,47-/m1/s1. The second-order valence-corrected chi connectivity index (χ2v) is 16.7. The van der Waals surface area contributed by atoms with Gasteiger partial charge in [-0.2, -0.15) is 0 Å². The Morgan fingerprint density at radius 1 is 0.633 bits per heavy atom. The third kappa shape index (κ3) is 10.1. The fourth-order valence-electron chi connectivity index (χ4n) is 7.91. The molecule has 3 atom stereocenters. The summed E-state index contributed by atoms with van der Waals surface area (Å²) in [6.07, 6.45) is -1.17. The SMILES string of the molecule is COC(=O)CCC(=O)[C@H](NC(=O)[C@@H](CSC(c1ccccc1)(c1ccccc1)c1ccccc1)CC(=O)[C@@H](C)NC(=O)OCC1c2ccccc2-c2ccccc21)C(C)C. The van der Waals surface area contributed by atoms with Crippen LogP contribution in [0.5, 0.6) is 0 Å². The topological polar surface area (TPSA) is 128 Å². The van der Waals surface area contributed by atoms with Crippen LogP contribution < -0.4 is 10.6 Å². The zero-order chi connectivity index (χ0) is 42.6. The highest BCUT2D eigenvalue weighted by Gasteiger charge is 2.40. The van der Waals surface area contributed by atoms with Gasteiger partial charge in [-0.3, -0.25) is 19.2 Å². The van der Waals surface area contributed by atoms with Gasteiger partial charge in [-0.1, -0.05) is 153 Å². The molecule has 0 radical (unpaired) electrons. The van der Waals surface area contributed by atoms with Crippen LogP contribution in [-0.2, 0) is 33.4 Å². The van der Waals surface area contributed by atoms with Crippen LogP contribution >= 0.6 is 11.8 Å². The zero-order valence-electron chi connectivity index (χ0n) is 34.5. The van der Waals surface area contributed by atoms with Gasteiger partial charge < -0.3 is 20.1 Å². The van der Waals surface area contributed by atoms with E-state index in [2.05, 4.69) is 59.2 Å². The highest BCUT2D eigenvalue weighted by molar-refractivity contribution is 8.00. The molecule has 0 spiro atoms. The second kappa shape index (κ2) is 20.3. The molecule has 0 aromatic heterocycles. The number of ether oxygens (including phenoxy) is 2. The van der Waals surface area contributed by atoms with E-state index in [0.717, 1.165) is 38.9 Å². The normalized spacial score (nSPS) is 13.6. The molecule has 5 aromatic rings. The number of fused-ring (bicyclic) bond motifs is 3. The first-order valence-electron chi connectivity index (χ1n) is 20.4. The minimum atomic E-state index is -0.981. The van der Waals surface area contributed by atoms with Gasteiger partial charge in [-0.25, -0.2) is 4.79 Å². The smallest absolute Gasteiger partial charge is 0.407 e. The maximum atomic E-state index is 14.5. The average Bonchev–Trinajstić information content (AvgIpc) is 3.60. The Hall–Kier alpha value is -6.00. The number of rotatable bonds is 19. The number of benzene rings is 5. The van der Waals surface area contributed by atoms with E-state index in [0.29, 0.717) is 0 Å². The van der Waals surface area contributed by atoms with Crippen LogP contribution in [0.4, 0.5) is 4.79 Å². The van der Waals surface area contributed by atoms with Gasteiger partial charge in [0.1, 0.15) is 6.61 Å². The van der Waals surface area contributed by atoms with Crippen LogP contribution in [0.1, 0.15) is 73.8 Å². The minimum absolute atomic E-state index is 0.0869. The van der Waals surface area contributed by atoms with Crippen LogP contribution in [0, 0.1) is 11.8 Å². The lowest BCUT2D eigenvalue weighted by molar-refractivity contribution is -0.142. The Morgan fingerprint density at radius 2 is 1.12 bits per heavy atom. The van der Waals surface area contributed by atoms with Crippen molar-refractivity contribution in [2.24, 2.45) is 11.8 Å². The minimum Gasteiger partial charge on any atom is -0.469 e. The van der Waals surface area contributed by atoms with Gasteiger partial charge in [0.15, 0.2) is 11.6 Å². The molecular formula is C50H52N2O7S. The van der Waals surface area contributed by atoms with Crippen LogP contribution in [-0.4, -0.2) is 61.1 Å². The van der Waals surface area contributed by atoms with E-state index in [4.69, 9.17) is 9.47 Å². The molecule has 1 aliphatic carbocycles. The average molecular weight is 825 g/mol. The predicted molar refractivity (Wildman–Crippen MR) is 235 cm³/mol. The largest absolute Gasteiger partial charge is 0.469 e. The number of carbonyl (C=O) groups is 5. The molecule has 2 amide bonds. The molecule has 0 aliphatic heterocycles. The molecule has 9 nitrogen and oxygen atoms in total. The van der Waals surface area contributed by atoms with Crippen LogP contribution in [0.2, 0.25) is 0 Å². The Bertz CT molecular complexity index is 2120. The van der Waals surface area contributed by atoms with E-state index < -0.39 is 40.7 Å². The summed E-state index contributed by atoms with van der Waals surface area (Å²) in [5.41, 5.74) is 7.32. The van der Waals surface area contributed by atoms with Gasteiger partial charge in [0.05, 0.1) is 36.3 Å². The molecule has 6 rings (SSSR count). The molecule has 10 heteroatoms. The third-order valence-corrected chi connectivity index (χ3v) is 12.8. The summed E-state index contributed by atoms with van der Waals surface area (Å²) in [5.74, 6) is -2.86. The molecule has 310 valence electrons. The zero-order valence-corrected chi connectivity index (χ0v) is 35.3. The van der Waals surface area contributed by atoms with Gasteiger partial charge in [-0.05, 0) is 51.8 Å². The molecule has 60 heavy (non-hydrogen) atoms. The van der Waals surface area contributed by atoms with Crippen molar-refractivity contribution in [3.8, 4) is 11.1 Å². The predicted octanol–water partition coefficient (Wildman–Crippen LogP) is 8.88. The molecule has 0 heterocycles. The monoisotopic (exact) mass is 824 g/mol. The Morgan fingerprint density at radius 3 is 1.60 bits per heavy atom. The Kier molecular flexibility index (Phi) is 14.8. The van der Waals surface area contributed by atoms with Crippen molar-refractivity contribution in [1.82, 2.24) is 10.6 Å². The molecule has 0 fully saturated rings. The Labute approximate surface area is 356 Å². The maximum absolute atomic E-state index is 14.5. The van der Waals surface area contributed by atoms with Gasteiger partial charge in [-0.15, -0.1) is 11.8 Å². The van der Waals surface area contributed by atoms with E-state index in [1.807, 2.05) is 105 Å². The number of alkyl carbamates (subject to hydrolysis) is 1. The first-order chi connectivity index (χ1) is 29.0. The number of methoxy groups -OCH3 is 1. The number of amides is 2. The Balaban J connectivity index is 1.24. The van der Waals surface area contributed by atoms with Gasteiger partial charge >= 0.3 is 12.1 Å². The van der Waals surface area contributed by atoms with Crippen LogP contribution in [0.25, 0.3) is 11.1 Å². The van der Waals surface area contributed by atoms with Crippen LogP contribution in [0.3, 0.4) is 0 Å². The van der Waals surface area contributed by atoms with Gasteiger partial charge in [0.25, 0.3) is 0 Å². The summed E-state index contributed by atoms with van der Waals surface area (Å²) in [5, 5.41) is 5.66. The molecule has 0 saturated carbocycles. The number of hydrogen-bond donors (Lipinski definition) is 2. The van der Waals surface area contributed by atoms with Crippen molar-refractivity contribution >= 4 is 41.3 Å². The third-order valence-electron chi connectivity index (χ3n) is 11.1. The van der Waals surface area contributed by atoms with Crippen molar-refractivity contribution in [1.29, 1.82) is 0 Å². The molecule has 0 bridgehead atoms. The summed E-state index contributed by atoms with van der Waals surface area (Å²) < 4.78 is 9.70. The highest BCUT2D eigenvalue weighted by atomic mass is 32.2. The summed E-state index contributed by atoms with van der Waals surface area (Å²) >= 11 is 1.53. The first-order valence-corrected chi connectivity index (χ1v) is 21.4. The van der Waals surface area contributed by atoms with Crippen molar-refractivity contribution in [3.63, 3.8) is 0 Å². The molecule has 1 aliphatic rings. The van der Waals surface area contributed by atoms with E-state index >= 15 is 0 Å². The second-order valence-electron chi connectivity index (χ2n) is 15.4. The highest BCUT2D eigenvalue weighted by Crippen LogP contribution is 2.49. The number of nitrogens with one attached hydrogen (secondary N) is 2. The fraction of sp³-hybridized carbons (Fsp3) is 0.300. The van der Waals surface area contributed by atoms with Gasteiger partial charge in [0.2, 0.25) is 5.91 Å². The number of carbonyl (C=O) groups excluding carboxylic acids is 5. The number of Topliss-reactive ketones (excluding diaryl/α,β-unsaturated/α-hetero) is 2. The molecule has 2 N–H and O–H groups in total. The maximum Gasteiger partial charge on any atom is 0.407 e. The number of ketones is 2. The summed E-state index contributed by atoms with van der Waals surface area (Å²) in [4.78, 5) is 67.2. The van der Waals surface area contributed by atoms with Crippen molar-refractivity contribution in [3.05, 3.63) is 167 Å². The number of thioether (sulfide) groups is 1.